The summed E-state index contributed by atoms with van der Waals surface area (Å²) in [6.07, 6.45) is 0. The van der Waals surface area contributed by atoms with E-state index in [1.54, 1.807) is 30.0 Å². The van der Waals surface area contributed by atoms with Crippen LogP contribution in [-0.2, 0) is 18.8 Å². The quantitative estimate of drug-likeness (QED) is 0.556. The number of carbonyl (C=O) groups is 1. The van der Waals surface area contributed by atoms with E-state index in [1.807, 2.05) is 41.8 Å². The van der Waals surface area contributed by atoms with Gasteiger partial charge in [0.25, 0.3) is 5.91 Å². The maximum Gasteiger partial charge on any atom is 0.251 e. The van der Waals surface area contributed by atoms with E-state index in [4.69, 9.17) is 23.2 Å². The van der Waals surface area contributed by atoms with Crippen LogP contribution in [0.15, 0.2) is 53.7 Å². The molecule has 1 heterocycles. The highest BCUT2D eigenvalue weighted by molar-refractivity contribution is 7.98. The highest BCUT2D eigenvalue weighted by Crippen LogP contribution is 2.27. The minimum absolute atomic E-state index is 0.133. The Balaban J connectivity index is 1.64. The first-order chi connectivity index (χ1) is 13.1. The van der Waals surface area contributed by atoms with Gasteiger partial charge in [-0.3, -0.25) is 4.79 Å². The summed E-state index contributed by atoms with van der Waals surface area (Å²) in [4.78, 5) is 12.2. The van der Waals surface area contributed by atoms with Crippen molar-refractivity contribution >= 4 is 40.9 Å². The van der Waals surface area contributed by atoms with Gasteiger partial charge in [-0.1, -0.05) is 59.2 Å². The van der Waals surface area contributed by atoms with Crippen molar-refractivity contribution in [3.63, 3.8) is 0 Å². The van der Waals surface area contributed by atoms with Gasteiger partial charge in [0.2, 0.25) is 0 Å². The van der Waals surface area contributed by atoms with Crippen LogP contribution >= 0.6 is 35.0 Å². The number of aromatic nitrogens is 3. The van der Waals surface area contributed by atoms with Crippen LogP contribution in [0.3, 0.4) is 0 Å². The molecule has 1 aromatic heterocycles. The van der Waals surface area contributed by atoms with Gasteiger partial charge in [-0.2, -0.15) is 0 Å². The minimum Gasteiger partial charge on any atom is -0.345 e. The van der Waals surface area contributed by atoms with Crippen LogP contribution in [0.25, 0.3) is 0 Å². The van der Waals surface area contributed by atoms with Crippen molar-refractivity contribution in [3.05, 3.63) is 75.5 Å². The van der Waals surface area contributed by atoms with E-state index >= 15 is 0 Å². The predicted molar refractivity (Wildman–Crippen MR) is 109 cm³/mol. The van der Waals surface area contributed by atoms with Gasteiger partial charge in [-0.25, -0.2) is 0 Å². The van der Waals surface area contributed by atoms with Crippen molar-refractivity contribution in [1.82, 2.24) is 20.1 Å². The first kappa shape index (κ1) is 19.7. The van der Waals surface area contributed by atoms with Crippen molar-refractivity contribution in [2.24, 2.45) is 0 Å². The van der Waals surface area contributed by atoms with Crippen LogP contribution in [0.5, 0.6) is 0 Å². The molecule has 140 valence electrons. The smallest absolute Gasteiger partial charge is 0.251 e. The van der Waals surface area contributed by atoms with Gasteiger partial charge in [-0.05, 0) is 36.8 Å². The Kier molecular flexibility index (Phi) is 6.77. The molecular formula is C19H18Cl2N4OS. The third-order valence-electron chi connectivity index (χ3n) is 3.90. The van der Waals surface area contributed by atoms with Crippen LogP contribution < -0.4 is 5.32 Å². The molecule has 2 aromatic carbocycles. The molecule has 0 saturated carbocycles. The second kappa shape index (κ2) is 9.26. The van der Waals surface area contributed by atoms with Gasteiger partial charge in [0.1, 0.15) is 0 Å². The molecule has 0 atom stereocenters. The van der Waals surface area contributed by atoms with E-state index in [2.05, 4.69) is 15.5 Å². The number of nitrogens with zero attached hydrogens (tertiary/aromatic N) is 3. The maximum atomic E-state index is 12.2. The van der Waals surface area contributed by atoms with E-state index in [0.717, 1.165) is 16.5 Å². The van der Waals surface area contributed by atoms with Crippen LogP contribution in [-0.4, -0.2) is 20.7 Å². The van der Waals surface area contributed by atoms with E-state index in [-0.39, 0.29) is 5.91 Å². The number of hydrogen-bond donors (Lipinski definition) is 1. The van der Waals surface area contributed by atoms with Gasteiger partial charge in [0, 0.05) is 17.9 Å². The van der Waals surface area contributed by atoms with E-state index in [9.17, 15) is 4.79 Å². The van der Waals surface area contributed by atoms with Gasteiger partial charge in [0.15, 0.2) is 11.0 Å². The van der Waals surface area contributed by atoms with Crippen molar-refractivity contribution in [2.45, 2.75) is 30.9 Å². The molecule has 0 saturated heterocycles. The summed E-state index contributed by atoms with van der Waals surface area (Å²) < 4.78 is 1.99. The molecule has 0 spiro atoms. The Morgan fingerprint density at radius 2 is 1.89 bits per heavy atom. The SMILES string of the molecule is CCn1c(CNC(=O)c2ccccc2)nnc1SCc1ccc(Cl)c(Cl)c1. The molecule has 3 rings (SSSR count). The average molecular weight is 421 g/mol. The fourth-order valence-electron chi connectivity index (χ4n) is 2.50. The zero-order chi connectivity index (χ0) is 19.2. The average Bonchev–Trinajstić information content (AvgIpc) is 3.09. The standard InChI is InChI=1S/C19H18Cl2N4OS/c1-2-25-17(11-22-18(26)14-6-4-3-5-7-14)23-24-19(25)27-12-13-8-9-15(20)16(21)10-13/h3-10H,2,11-12H2,1H3,(H,22,26). The topological polar surface area (TPSA) is 59.8 Å². The maximum absolute atomic E-state index is 12.2. The number of thioether (sulfide) groups is 1. The Labute approximate surface area is 172 Å². The summed E-state index contributed by atoms with van der Waals surface area (Å²) in [5, 5.41) is 13.2. The Morgan fingerprint density at radius 3 is 2.59 bits per heavy atom. The fourth-order valence-corrected chi connectivity index (χ4v) is 3.79. The molecule has 0 fully saturated rings. The molecule has 0 bridgehead atoms. The lowest BCUT2D eigenvalue weighted by Crippen LogP contribution is -2.24. The van der Waals surface area contributed by atoms with Gasteiger partial charge < -0.3 is 9.88 Å². The second-order valence-electron chi connectivity index (χ2n) is 5.73. The van der Waals surface area contributed by atoms with E-state index in [1.165, 1.54) is 0 Å². The lowest BCUT2D eigenvalue weighted by atomic mass is 10.2. The molecule has 3 aromatic rings. The van der Waals surface area contributed by atoms with Crippen molar-refractivity contribution < 1.29 is 4.79 Å². The molecule has 5 nitrogen and oxygen atoms in total. The normalized spacial score (nSPS) is 10.8. The summed E-state index contributed by atoms with van der Waals surface area (Å²) >= 11 is 13.6. The summed E-state index contributed by atoms with van der Waals surface area (Å²) in [5.41, 5.74) is 1.67. The summed E-state index contributed by atoms with van der Waals surface area (Å²) in [5.74, 6) is 1.29. The number of benzene rings is 2. The highest BCUT2D eigenvalue weighted by Gasteiger charge is 2.13. The third-order valence-corrected chi connectivity index (χ3v) is 5.68. The van der Waals surface area contributed by atoms with Crippen LogP contribution in [0.4, 0.5) is 0 Å². The molecule has 0 aliphatic heterocycles. The molecule has 1 N–H and O–H groups in total. The highest BCUT2D eigenvalue weighted by atomic mass is 35.5. The van der Waals surface area contributed by atoms with E-state index < -0.39 is 0 Å². The lowest BCUT2D eigenvalue weighted by molar-refractivity contribution is 0.0949. The predicted octanol–water partition coefficient (Wildman–Crippen LogP) is 4.83. The third kappa shape index (κ3) is 5.03. The largest absolute Gasteiger partial charge is 0.345 e. The fraction of sp³-hybridized carbons (Fsp3) is 0.211. The van der Waals surface area contributed by atoms with Crippen molar-refractivity contribution in [3.8, 4) is 0 Å². The molecule has 0 unspecified atom stereocenters. The summed E-state index contributed by atoms with van der Waals surface area (Å²) in [7, 11) is 0. The molecule has 0 radical (unpaired) electrons. The number of carbonyl (C=O) groups excluding carboxylic acids is 1. The molecule has 8 heteroatoms. The Morgan fingerprint density at radius 1 is 1.11 bits per heavy atom. The van der Waals surface area contributed by atoms with Crippen molar-refractivity contribution in [2.75, 3.05) is 0 Å². The lowest BCUT2D eigenvalue weighted by Gasteiger charge is -2.09. The Hall–Kier alpha value is -2.02. The second-order valence-corrected chi connectivity index (χ2v) is 7.49. The van der Waals surface area contributed by atoms with E-state index in [0.29, 0.717) is 34.5 Å². The zero-order valence-corrected chi connectivity index (χ0v) is 17.0. The van der Waals surface area contributed by atoms with Gasteiger partial charge >= 0.3 is 0 Å². The first-order valence-electron chi connectivity index (χ1n) is 8.40. The van der Waals surface area contributed by atoms with Gasteiger partial charge in [0.05, 0.1) is 16.6 Å². The van der Waals surface area contributed by atoms with Crippen molar-refractivity contribution in [1.29, 1.82) is 0 Å². The number of rotatable bonds is 7. The first-order valence-corrected chi connectivity index (χ1v) is 10.1. The molecule has 27 heavy (non-hydrogen) atoms. The summed E-state index contributed by atoms with van der Waals surface area (Å²) in [6, 6.07) is 14.7. The number of nitrogens with one attached hydrogen (secondary N) is 1. The molecule has 0 aliphatic carbocycles. The Bertz CT molecular complexity index is 931. The monoisotopic (exact) mass is 420 g/mol. The van der Waals surface area contributed by atoms with Crippen LogP contribution in [0.2, 0.25) is 10.0 Å². The molecule has 0 aliphatic rings. The minimum atomic E-state index is -0.133. The van der Waals surface area contributed by atoms with Crippen LogP contribution in [0, 0.1) is 0 Å². The zero-order valence-electron chi connectivity index (χ0n) is 14.7. The number of amides is 1. The molecular weight excluding hydrogens is 403 g/mol. The number of hydrogen-bond acceptors (Lipinski definition) is 4. The van der Waals surface area contributed by atoms with Gasteiger partial charge in [-0.15, -0.1) is 10.2 Å². The van der Waals surface area contributed by atoms with Crippen LogP contribution in [0.1, 0.15) is 28.7 Å². The summed E-state index contributed by atoms with van der Waals surface area (Å²) in [6.45, 7) is 3.06. The number of halogens is 2. The molecule has 1 amide bonds.